The van der Waals surface area contributed by atoms with E-state index in [1.54, 1.807) is 21.1 Å². The minimum atomic E-state index is -0.939. The van der Waals surface area contributed by atoms with Crippen molar-refractivity contribution in [2.24, 2.45) is 17.8 Å². The first-order valence-corrected chi connectivity index (χ1v) is 12.4. The van der Waals surface area contributed by atoms with Crippen molar-refractivity contribution < 1.29 is 24.1 Å². The van der Waals surface area contributed by atoms with Crippen molar-refractivity contribution >= 4 is 11.5 Å². The van der Waals surface area contributed by atoms with Crippen LogP contribution >= 0.6 is 0 Å². The lowest BCUT2D eigenvalue weighted by molar-refractivity contribution is -0.131. The molecule has 0 radical (unpaired) electrons. The van der Waals surface area contributed by atoms with E-state index < -0.39 is 5.97 Å². The van der Waals surface area contributed by atoms with Crippen LogP contribution in [0.1, 0.15) is 70.4 Å². The number of methoxy groups -OCH3 is 2. The fourth-order valence-electron chi connectivity index (χ4n) is 7.01. The molecule has 0 spiro atoms. The Morgan fingerprint density at radius 3 is 2.24 bits per heavy atom. The van der Waals surface area contributed by atoms with Crippen molar-refractivity contribution in [1.29, 1.82) is 0 Å². The van der Waals surface area contributed by atoms with Gasteiger partial charge in [0.1, 0.15) is 11.5 Å². The molecule has 0 heterocycles. The molecule has 1 aromatic carbocycles. The minimum absolute atomic E-state index is 0.0931. The molecule has 184 valence electrons. The summed E-state index contributed by atoms with van der Waals surface area (Å²) in [5.74, 6) is 3.25. The minimum Gasteiger partial charge on any atom is -0.496 e. The highest BCUT2D eigenvalue weighted by Gasteiger charge is 2.53. The van der Waals surface area contributed by atoms with E-state index in [9.17, 15) is 4.79 Å². The van der Waals surface area contributed by atoms with Gasteiger partial charge in [-0.05, 0) is 100 Å². The SMILES string of the molecule is COc1c(C(C)=CC=CC(C)=CC(=O)O)ccc(OC(C)OC)c1C12CC3CC(CC(C3)C1)C2. The van der Waals surface area contributed by atoms with Gasteiger partial charge in [-0.1, -0.05) is 18.2 Å². The molecule has 5 heteroatoms. The van der Waals surface area contributed by atoms with Gasteiger partial charge in [0.25, 0.3) is 0 Å². The zero-order valence-electron chi connectivity index (χ0n) is 21.1. The number of ether oxygens (including phenoxy) is 3. The van der Waals surface area contributed by atoms with Gasteiger partial charge in [0.15, 0.2) is 6.29 Å². The first-order chi connectivity index (χ1) is 16.2. The number of aliphatic carboxylic acids is 1. The number of benzene rings is 1. The van der Waals surface area contributed by atoms with Crippen LogP contribution in [0.4, 0.5) is 0 Å². The van der Waals surface area contributed by atoms with Crippen LogP contribution in [0.2, 0.25) is 0 Å². The third kappa shape index (κ3) is 4.95. The van der Waals surface area contributed by atoms with Crippen LogP contribution < -0.4 is 9.47 Å². The summed E-state index contributed by atoms with van der Waals surface area (Å²) < 4.78 is 17.9. The van der Waals surface area contributed by atoms with Gasteiger partial charge in [0, 0.05) is 29.7 Å². The maximum atomic E-state index is 10.9. The van der Waals surface area contributed by atoms with Crippen LogP contribution in [0.5, 0.6) is 11.5 Å². The molecule has 0 aromatic heterocycles. The van der Waals surface area contributed by atoms with Crippen molar-refractivity contribution in [2.45, 2.75) is 71.0 Å². The maximum absolute atomic E-state index is 10.9. The van der Waals surface area contributed by atoms with Gasteiger partial charge in [0.2, 0.25) is 0 Å². The van der Waals surface area contributed by atoms with Crippen LogP contribution in [0.15, 0.2) is 42.0 Å². The van der Waals surface area contributed by atoms with Crippen molar-refractivity contribution in [1.82, 2.24) is 0 Å². The Hall–Kier alpha value is -2.53. The van der Waals surface area contributed by atoms with Crippen LogP contribution in [-0.4, -0.2) is 31.6 Å². The molecule has 4 aliphatic carbocycles. The Morgan fingerprint density at radius 2 is 1.71 bits per heavy atom. The fraction of sp³-hybridized carbons (Fsp3) is 0.552. The number of rotatable bonds is 9. The third-order valence-corrected chi connectivity index (χ3v) is 8.00. The standard InChI is InChI=1S/C29H38O5/c1-18(11-26(30)31)7-6-8-19(2)24-9-10-25(34-20(3)32-4)27(28(24)33-5)29-15-21-12-22(16-29)14-23(13-21)17-29/h6-11,20-23H,12-17H2,1-5H3,(H,30,31). The predicted octanol–water partition coefficient (Wildman–Crippen LogP) is 6.52. The van der Waals surface area contributed by atoms with Crippen LogP contribution in [0, 0.1) is 17.8 Å². The quantitative estimate of drug-likeness (QED) is 0.255. The molecular formula is C29H38O5. The van der Waals surface area contributed by atoms with E-state index in [2.05, 4.69) is 19.1 Å². The maximum Gasteiger partial charge on any atom is 0.328 e. The average molecular weight is 467 g/mol. The average Bonchev–Trinajstić information content (AvgIpc) is 2.76. The van der Waals surface area contributed by atoms with E-state index in [4.69, 9.17) is 19.3 Å². The number of carbonyl (C=O) groups is 1. The molecule has 1 unspecified atom stereocenters. The van der Waals surface area contributed by atoms with Crippen LogP contribution in [0.25, 0.3) is 5.57 Å². The smallest absolute Gasteiger partial charge is 0.328 e. The Balaban J connectivity index is 1.77. The van der Waals surface area contributed by atoms with Gasteiger partial charge in [-0.15, -0.1) is 0 Å². The Labute approximate surface area is 203 Å². The molecule has 1 N–H and O–H groups in total. The van der Waals surface area contributed by atoms with Gasteiger partial charge in [0.05, 0.1) is 7.11 Å². The summed E-state index contributed by atoms with van der Waals surface area (Å²) in [7, 11) is 3.43. The second kappa shape index (κ2) is 9.99. The third-order valence-electron chi connectivity index (χ3n) is 8.00. The topological polar surface area (TPSA) is 65.0 Å². The van der Waals surface area contributed by atoms with E-state index in [1.165, 1.54) is 50.2 Å². The summed E-state index contributed by atoms with van der Waals surface area (Å²) in [6.45, 7) is 5.77. The number of hydrogen-bond acceptors (Lipinski definition) is 4. The molecule has 4 fully saturated rings. The molecule has 5 rings (SSSR count). The monoisotopic (exact) mass is 466 g/mol. The van der Waals surface area contributed by atoms with Gasteiger partial charge >= 0.3 is 5.97 Å². The van der Waals surface area contributed by atoms with Gasteiger partial charge < -0.3 is 19.3 Å². The first kappa shape index (κ1) is 24.6. The highest BCUT2D eigenvalue weighted by atomic mass is 16.7. The van der Waals surface area contributed by atoms with E-state index in [0.717, 1.165) is 40.4 Å². The molecule has 5 nitrogen and oxygen atoms in total. The summed E-state index contributed by atoms with van der Waals surface area (Å²) in [5, 5.41) is 8.93. The van der Waals surface area contributed by atoms with Crippen molar-refractivity contribution in [3.63, 3.8) is 0 Å². The molecular weight excluding hydrogens is 428 g/mol. The molecule has 34 heavy (non-hydrogen) atoms. The second-order valence-corrected chi connectivity index (χ2v) is 10.6. The molecule has 4 aliphatic rings. The van der Waals surface area contributed by atoms with Crippen molar-refractivity contribution in [2.75, 3.05) is 14.2 Å². The van der Waals surface area contributed by atoms with Crippen LogP contribution in [0.3, 0.4) is 0 Å². The summed E-state index contributed by atoms with van der Waals surface area (Å²) in [6.07, 6.45) is 14.3. The summed E-state index contributed by atoms with van der Waals surface area (Å²) in [6, 6.07) is 4.15. The number of hydrogen-bond donors (Lipinski definition) is 1. The van der Waals surface area contributed by atoms with E-state index >= 15 is 0 Å². The van der Waals surface area contributed by atoms with Gasteiger partial charge in [-0.25, -0.2) is 4.79 Å². The highest BCUT2D eigenvalue weighted by molar-refractivity contribution is 5.81. The lowest BCUT2D eigenvalue weighted by Gasteiger charge is -2.57. The fourth-order valence-corrected chi connectivity index (χ4v) is 7.01. The first-order valence-electron chi connectivity index (χ1n) is 12.4. The lowest BCUT2D eigenvalue weighted by atomic mass is 9.47. The molecule has 4 saturated carbocycles. The molecule has 0 amide bonds. The normalized spacial score (nSPS) is 29.5. The zero-order valence-corrected chi connectivity index (χ0v) is 21.1. The number of carboxylic acid groups (broad SMARTS) is 1. The van der Waals surface area contributed by atoms with Gasteiger partial charge in [-0.3, -0.25) is 0 Å². The summed E-state index contributed by atoms with van der Waals surface area (Å²) in [4.78, 5) is 10.9. The van der Waals surface area contributed by atoms with Gasteiger partial charge in [-0.2, -0.15) is 0 Å². The Bertz CT molecular complexity index is 980. The van der Waals surface area contributed by atoms with Crippen molar-refractivity contribution in [3.05, 3.63) is 53.1 Å². The second-order valence-electron chi connectivity index (χ2n) is 10.6. The number of carboxylic acids is 1. The predicted molar refractivity (Wildman–Crippen MR) is 134 cm³/mol. The Kier molecular flexibility index (Phi) is 7.22. The largest absolute Gasteiger partial charge is 0.496 e. The molecule has 4 bridgehead atoms. The molecule has 0 aliphatic heterocycles. The Morgan fingerprint density at radius 1 is 1.09 bits per heavy atom. The summed E-state index contributed by atoms with van der Waals surface area (Å²) >= 11 is 0. The molecule has 0 saturated heterocycles. The molecule has 1 atom stereocenters. The van der Waals surface area contributed by atoms with E-state index in [1.807, 2.05) is 25.2 Å². The van der Waals surface area contributed by atoms with Crippen LogP contribution in [-0.2, 0) is 14.9 Å². The highest BCUT2D eigenvalue weighted by Crippen LogP contribution is 2.63. The zero-order chi connectivity index (χ0) is 24.5. The lowest BCUT2D eigenvalue weighted by Crippen LogP contribution is -2.49. The summed E-state index contributed by atoms with van der Waals surface area (Å²) in [5.41, 5.74) is 4.11. The number of allylic oxidation sites excluding steroid dienone is 5. The van der Waals surface area contributed by atoms with Crippen molar-refractivity contribution in [3.8, 4) is 11.5 Å². The van der Waals surface area contributed by atoms with E-state index in [-0.39, 0.29) is 11.7 Å². The molecule has 1 aromatic rings. The van der Waals surface area contributed by atoms with E-state index in [0.29, 0.717) is 5.57 Å².